The normalized spacial score (nSPS) is 12.1. The van der Waals surface area contributed by atoms with Crippen molar-refractivity contribution in [3.8, 4) is 0 Å². The highest BCUT2D eigenvalue weighted by Gasteiger charge is 2.26. The molecule has 0 saturated heterocycles. The van der Waals surface area contributed by atoms with Crippen molar-refractivity contribution in [2.75, 3.05) is 18.4 Å². The summed E-state index contributed by atoms with van der Waals surface area (Å²) in [7, 11) is 0. The number of rotatable bonds is 10. The molecule has 2 amide bonds. The van der Waals surface area contributed by atoms with Crippen molar-refractivity contribution in [1.82, 2.24) is 14.7 Å². The summed E-state index contributed by atoms with van der Waals surface area (Å²) in [5.74, 6) is 0.582. The Morgan fingerprint density at radius 1 is 1.03 bits per heavy atom. The molecule has 0 bridgehead atoms. The van der Waals surface area contributed by atoms with E-state index in [1.165, 1.54) is 0 Å². The van der Waals surface area contributed by atoms with E-state index in [1.807, 2.05) is 10.7 Å². The Morgan fingerprint density at radius 3 is 2.17 bits per heavy atom. The molecule has 0 fully saturated rings. The van der Waals surface area contributed by atoms with Gasteiger partial charge in [-0.1, -0.05) is 53.9 Å². The summed E-state index contributed by atoms with van der Waals surface area (Å²) in [5.41, 5.74) is 0.559. The van der Waals surface area contributed by atoms with E-state index in [0.717, 1.165) is 37.8 Å². The molecule has 0 aliphatic heterocycles. The second kappa shape index (κ2) is 10.8. The van der Waals surface area contributed by atoms with Crippen LogP contribution in [0, 0.1) is 0 Å². The van der Waals surface area contributed by atoms with Gasteiger partial charge < -0.3 is 10.2 Å². The highest BCUT2D eigenvalue weighted by Crippen LogP contribution is 2.28. The van der Waals surface area contributed by atoms with E-state index in [0.29, 0.717) is 18.8 Å². The fraction of sp³-hybridized carbons (Fsp3) is 0.783. The molecule has 0 spiro atoms. The fourth-order valence-electron chi connectivity index (χ4n) is 3.03. The Kier molecular flexibility index (Phi) is 9.37. The van der Waals surface area contributed by atoms with Gasteiger partial charge in [0.2, 0.25) is 11.8 Å². The van der Waals surface area contributed by atoms with Crippen LogP contribution in [0.2, 0.25) is 0 Å². The van der Waals surface area contributed by atoms with E-state index >= 15 is 0 Å². The molecule has 0 aromatic carbocycles. The Labute approximate surface area is 177 Å². The summed E-state index contributed by atoms with van der Waals surface area (Å²) in [5, 5.41) is 7.75. The zero-order chi connectivity index (χ0) is 22.2. The third-order valence-electron chi connectivity index (χ3n) is 4.84. The quantitative estimate of drug-likeness (QED) is 0.551. The summed E-state index contributed by atoms with van der Waals surface area (Å²) < 4.78 is 1.87. The van der Waals surface area contributed by atoms with Gasteiger partial charge in [0.25, 0.3) is 0 Å². The minimum atomic E-state index is -0.260. The number of hydrogen-bond donors (Lipinski definition) is 1. The topological polar surface area (TPSA) is 67.2 Å². The third-order valence-corrected chi connectivity index (χ3v) is 4.84. The van der Waals surface area contributed by atoms with E-state index in [-0.39, 0.29) is 29.3 Å². The van der Waals surface area contributed by atoms with Gasteiger partial charge in [0, 0.05) is 24.4 Å². The predicted octanol–water partition coefficient (Wildman–Crippen LogP) is 5.08. The number of nitrogens with one attached hydrogen (secondary N) is 1. The highest BCUT2D eigenvalue weighted by molar-refractivity contribution is 5.94. The Hall–Kier alpha value is -1.85. The second-order valence-corrected chi connectivity index (χ2v) is 9.92. The van der Waals surface area contributed by atoms with Crippen LogP contribution in [0.3, 0.4) is 0 Å². The molecule has 6 nitrogen and oxygen atoms in total. The van der Waals surface area contributed by atoms with Gasteiger partial charge in [-0.05, 0) is 33.6 Å². The summed E-state index contributed by atoms with van der Waals surface area (Å²) in [6.07, 6.45) is 5.41. The van der Waals surface area contributed by atoms with Crippen molar-refractivity contribution in [2.24, 2.45) is 0 Å². The average Bonchev–Trinajstić information content (AvgIpc) is 3.03. The summed E-state index contributed by atoms with van der Waals surface area (Å²) in [6.45, 7) is 17.4. The van der Waals surface area contributed by atoms with Crippen molar-refractivity contribution < 1.29 is 9.59 Å². The summed E-state index contributed by atoms with van der Waals surface area (Å²) in [4.78, 5) is 27.1. The van der Waals surface area contributed by atoms with Gasteiger partial charge in [-0.25, -0.2) is 4.68 Å². The van der Waals surface area contributed by atoms with E-state index < -0.39 is 0 Å². The molecular weight excluding hydrogens is 364 g/mol. The molecule has 0 atom stereocenters. The second-order valence-electron chi connectivity index (χ2n) is 9.92. The number of aromatic nitrogens is 2. The molecule has 0 aliphatic rings. The monoisotopic (exact) mass is 406 g/mol. The molecule has 1 aromatic rings. The third kappa shape index (κ3) is 8.19. The van der Waals surface area contributed by atoms with Crippen LogP contribution >= 0.6 is 0 Å². The molecule has 1 rings (SSSR count). The lowest BCUT2D eigenvalue weighted by molar-refractivity contribution is -0.134. The fourth-order valence-corrected chi connectivity index (χ4v) is 3.03. The molecule has 0 unspecified atom stereocenters. The number of anilines is 1. The average molecular weight is 407 g/mol. The van der Waals surface area contributed by atoms with Crippen molar-refractivity contribution in [3.63, 3.8) is 0 Å². The van der Waals surface area contributed by atoms with Gasteiger partial charge in [0.1, 0.15) is 5.82 Å². The Morgan fingerprint density at radius 2 is 1.66 bits per heavy atom. The van der Waals surface area contributed by atoms with Crippen LogP contribution in [0.1, 0.15) is 99.6 Å². The molecule has 29 heavy (non-hydrogen) atoms. The number of hydrogen-bond acceptors (Lipinski definition) is 3. The van der Waals surface area contributed by atoms with Crippen LogP contribution in [0.15, 0.2) is 6.07 Å². The number of carbonyl (C=O) groups is 2. The molecule has 6 heteroatoms. The lowest BCUT2D eigenvalue weighted by Crippen LogP contribution is -2.39. The number of amides is 2. The number of nitrogens with zero attached hydrogens (tertiary/aromatic N) is 3. The van der Waals surface area contributed by atoms with Gasteiger partial charge in [0.05, 0.1) is 17.8 Å². The minimum absolute atomic E-state index is 0.0711. The minimum Gasteiger partial charge on any atom is -0.333 e. The SMILES string of the molecule is CCCCCC(=O)N(CCCC)CC(=O)Nc1cc(C(C)(C)C)nn1C(C)(C)C. The van der Waals surface area contributed by atoms with E-state index in [1.54, 1.807) is 4.90 Å². The van der Waals surface area contributed by atoms with Crippen molar-refractivity contribution in [3.05, 3.63) is 11.8 Å². The molecule has 0 aliphatic carbocycles. The standard InChI is InChI=1S/C23H42N4O2/c1-9-11-13-14-21(29)26(15-12-10-2)17-20(28)24-19-16-18(22(3,4)5)25-27(19)23(6,7)8/h16H,9-15,17H2,1-8H3,(H,24,28). The van der Waals surface area contributed by atoms with Gasteiger partial charge >= 0.3 is 0 Å². The highest BCUT2D eigenvalue weighted by atomic mass is 16.2. The molecule has 1 aromatic heterocycles. The maximum atomic E-state index is 12.8. The number of carbonyl (C=O) groups excluding carboxylic acids is 2. The van der Waals surface area contributed by atoms with Crippen LogP contribution in [0.25, 0.3) is 0 Å². The Bertz CT molecular complexity index is 665. The summed E-state index contributed by atoms with van der Waals surface area (Å²) in [6, 6.07) is 1.95. The first-order chi connectivity index (χ1) is 13.4. The molecule has 0 radical (unpaired) electrons. The van der Waals surface area contributed by atoms with Gasteiger partial charge in [0.15, 0.2) is 0 Å². The molecule has 166 valence electrons. The lowest BCUT2D eigenvalue weighted by atomic mass is 9.92. The van der Waals surface area contributed by atoms with Gasteiger partial charge in [-0.15, -0.1) is 0 Å². The maximum Gasteiger partial charge on any atom is 0.245 e. The van der Waals surface area contributed by atoms with Crippen LogP contribution in [-0.2, 0) is 20.5 Å². The van der Waals surface area contributed by atoms with Gasteiger partial charge in [-0.3, -0.25) is 9.59 Å². The van der Waals surface area contributed by atoms with E-state index in [2.05, 4.69) is 60.7 Å². The van der Waals surface area contributed by atoms with Crippen LogP contribution < -0.4 is 5.32 Å². The largest absolute Gasteiger partial charge is 0.333 e. The predicted molar refractivity (Wildman–Crippen MR) is 120 cm³/mol. The van der Waals surface area contributed by atoms with E-state index in [9.17, 15) is 9.59 Å². The van der Waals surface area contributed by atoms with Crippen molar-refractivity contribution in [2.45, 2.75) is 105 Å². The maximum absolute atomic E-state index is 12.8. The van der Waals surface area contributed by atoms with Crippen LogP contribution in [0.4, 0.5) is 5.82 Å². The van der Waals surface area contributed by atoms with Crippen LogP contribution in [0.5, 0.6) is 0 Å². The molecule has 1 heterocycles. The first-order valence-electron chi connectivity index (χ1n) is 11.1. The number of unbranched alkanes of at least 4 members (excludes halogenated alkanes) is 3. The Balaban J connectivity index is 2.94. The van der Waals surface area contributed by atoms with Gasteiger partial charge in [-0.2, -0.15) is 5.10 Å². The van der Waals surface area contributed by atoms with Crippen molar-refractivity contribution >= 4 is 17.6 Å². The lowest BCUT2D eigenvalue weighted by Gasteiger charge is -2.24. The first kappa shape index (κ1) is 25.2. The van der Waals surface area contributed by atoms with Crippen molar-refractivity contribution in [1.29, 1.82) is 0 Å². The molecular formula is C23H42N4O2. The first-order valence-corrected chi connectivity index (χ1v) is 11.1. The smallest absolute Gasteiger partial charge is 0.245 e. The zero-order valence-electron chi connectivity index (χ0n) is 19.9. The molecule has 1 N–H and O–H groups in total. The zero-order valence-corrected chi connectivity index (χ0v) is 19.9. The summed E-state index contributed by atoms with van der Waals surface area (Å²) >= 11 is 0. The van der Waals surface area contributed by atoms with E-state index in [4.69, 9.17) is 5.10 Å². The van der Waals surface area contributed by atoms with Crippen LogP contribution in [-0.4, -0.2) is 39.6 Å². The molecule has 0 saturated carbocycles.